The van der Waals surface area contributed by atoms with Crippen LogP contribution in [0.15, 0.2) is 0 Å². The van der Waals surface area contributed by atoms with Crippen LogP contribution < -0.4 is 0 Å². The molecule has 2 aliphatic rings. The van der Waals surface area contributed by atoms with Gasteiger partial charge in [0.05, 0.1) is 13.2 Å². The molecule has 1 aliphatic carbocycles. The highest BCUT2D eigenvalue weighted by Gasteiger charge is 2.65. The Bertz CT molecular complexity index is 114. The van der Waals surface area contributed by atoms with Gasteiger partial charge >= 0.3 is 0 Å². The Morgan fingerprint density at radius 1 is 1.50 bits per heavy atom. The molecule has 1 saturated heterocycles. The van der Waals surface area contributed by atoms with Crippen LogP contribution in [0, 0.1) is 11.8 Å². The zero-order valence-electron chi connectivity index (χ0n) is 4.23. The van der Waals surface area contributed by atoms with Crippen molar-refractivity contribution in [3.8, 4) is 0 Å². The molecule has 2 rings (SSSR count). The molecule has 1 aliphatic heterocycles. The molecule has 2 atom stereocenters. The summed E-state index contributed by atoms with van der Waals surface area (Å²) in [5.74, 6) is 1.17. The van der Waals surface area contributed by atoms with Crippen molar-refractivity contribution in [1.82, 2.24) is 0 Å². The highest BCUT2D eigenvalue weighted by molar-refractivity contribution is 9.10. The second kappa shape index (κ2) is 1.41. The van der Waals surface area contributed by atoms with Gasteiger partial charge in [-0.15, -0.1) is 11.6 Å². The first-order chi connectivity index (χ1) is 3.73. The lowest BCUT2D eigenvalue weighted by molar-refractivity contribution is 0.164. The third-order valence-corrected chi connectivity index (χ3v) is 3.70. The summed E-state index contributed by atoms with van der Waals surface area (Å²) in [7, 11) is 0. The number of hydrogen-bond donors (Lipinski definition) is 0. The molecule has 1 nitrogen and oxygen atoms in total. The number of ether oxygens (including phenoxy) is 1. The molecule has 0 spiro atoms. The van der Waals surface area contributed by atoms with Crippen LogP contribution in [-0.2, 0) is 4.74 Å². The Balaban J connectivity index is 2.13. The molecular weight excluding hydrogens is 191 g/mol. The number of rotatable bonds is 0. The predicted molar refractivity (Wildman–Crippen MR) is 35.3 cm³/mol. The van der Waals surface area contributed by atoms with Crippen LogP contribution in [0.3, 0.4) is 0 Å². The Kier molecular flexibility index (Phi) is 0.975. The van der Waals surface area contributed by atoms with Gasteiger partial charge < -0.3 is 4.74 Å². The molecule has 46 valence electrons. The molecule has 0 aromatic rings. The lowest BCUT2D eigenvalue weighted by Gasteiger charge is -2.01. The highest BCUT2D eigenvalue weighted by Crippen LogP contribution is 2.63. The van der Waals surface area contributed by atoms with Gasteiger partial charge in [0.1, 0.15) is 3.78 Å². The minimum atomic E-state index is -0.0781. The fourth-order valence-electron chi connectivity index (χ4n) is 1.24. The van der Waals surface area contributed by atoms with Crippen LogP contribution in [0.2, 0.25) is 0 Å². The second-order valence-corrected chi connectivity index (χ2v) is 4.82. The lowest BCUT2D eigenvalue weighted by atomic mass is 10.4. The molecule has 0 radical (unpaired) electrons. The first-order valence-electron chi connectivity index (χ1n) is 2.68. The summed E-state index contributed by atoms with van der Waals surface area (Å²) < 4.78 is 5.05. The third kappa shape index (κ3) is 0.514. The predicted octanol–water partition coefficient (Wildman–Crippen LogP) is 1.59. The maximum Gasteiger partial charge on any atom is 0.110 e. The Morgan fingerprint density at radius 3 is 2.25 bits per heavy atom. The van der Waals surface area contributed by atoms with Gasteiger partial charge in [0.25, 0.3) is 0 Å². The Morgan fingerprint density at radius 2 is 2.00 bits per heavy atom. The summed E-state index contributed by atoms with van der Waals surface area (Å²) in [6.07, 6.45) is 0. The SMILES string of the molecule is ClC1(Br)C2COCC21. The number of halogens is 2. The van der Waals surface area contributed by atoms with E-state index in [9.17, 15) is 0 Å². The topological polar surface area (TPSA) is 9.23 Å². The number of hydrogen-bond acceptors (Lipinski definition) is 1. The summed E-state index contributed by atoms with van der Waals surface area (Å²) in [6.45, 7) is 1.69. The monoisotopic (exact) mass is 196 g/mol. The minimum absolute atomic E-state index is 0.0781. The summed E-state index contributed by atoms with van der Waals surface area (Å²) in [5, 5.41) is 0. The molecule has 0 N–H and O–H groups in total. The third-order valence-electron chi connectivity index (χ3n) is 1.96. The largest absolute Gasteiger partial charge is 0.381 e. The Hall–Kier alpha value is 0.730. The van der Waals surface area contributed by atoms with E-state index in [4.69, 9.17) is 16.3 Å². The molecule has 8 heavy (non-hydrogen) atoms. The highest BCUT2D eigenvalue weighted by atomic mass is 79.9. The standard InChI is InChI=1S/C5H6BrClO/c6-5(7)3-1-8-2-4(3)5/h3-4H,1-2H2. The summed E-state index contributed by atoms with van der Waals surface area (Å²) >= 11 is 9.36. The first kappa shape index (κ1) is 5.51. The van der Waals surface area contributed by atoms with Gasteiger partial charge in [0.2, 0.25) is 0 Å². The maximum absolute atomic E-state index is 5.95. The van der Waals surface area contributed by atoms with Crippen molar-refractivity contribution >= 4 is 27.5 Å². The normalized spacial score (nSPS) is 60.8. The molecule has 2 unspecified atom stereocenters. The van der Waals surface area contributed by atoms with E-state index in [1.54, 1.807) is 0 Å². The van der Waals surface area contributed by atoms with Gasteiger partial charge in [0.15, 0.2) is 0 Å². The van der Waals surface area contributed by atoms with Crippen LogP contribution in [0.1, 0.15) is 0 Å². The van der Waals surface area contributed by atoms with Gasteiger partial charge in [-0.25, -0.2) is 0 Å². The smallest absolute Gasteiger partial charge is 0.110 e. The van der Waals surface area contributed by atoms with E-state index < -0.39 is 0 Å². The minimum Gasteiger partial charge on any atom is -0.381 e. The summed E-state index contributed by atoms with van der Waals surface area (Å²) in [5.41, 5.74) is 0. The molecule has 1 saturated carbocycles. The molecule has 1 heterocycles. The van der Waals surface area contributed by atoms with E-state index in [1.807, 2.05) is 0 Å². The van der Waals surface area contributed by atoms with E-state index in [-0.39, 0.29) is 3.78 Å². The number of fused-ring (bicyclic) bond motifs is 1. The Labute approximate surface area is 61.5 Å². The zero-order chi connectivity index (χ0) is 5.78. The zero-order valence-corrected chi connectivity index (χ0v) is 6.58. The van der Waals surface area contributed by atoms with Crippen LogP contribution in [-0.4, -0.2) is 17.0 Å². The van der Waals surface area contributed by atoms with Crippen molar-refractivity contribution in [3.05, 3.63) is 0 Å². The van der Waals surface area contributed by atoms with Gasteiger partial charge in [-0.05, 0) is 0 Å². The van der Waals surface area contributed by atoms with Crippen molar-refractivity contribution in [2.24, 2.45) is 11.8 Å². The summed E-state index contributed by atoms with van der Waals surface area (Å²) in [4.78, 5) is 0. The molecular formula is C5H6BrClO. The van der Waals surface area contributed by atoms with Crippen molar-refractivity contribution < 1.29 is 4.74 Å². The van der Waals surface area contributed by atoms with Gasteiger partial charge in [-0.1, -0.05) is 15.9 Å². The molecule has 0 aromatic heterocycles. The van der Waals surface area contributed by atoms with Crippen LogP contribution in [0.4, 0.5) is 0 Å². The van der Waals surface area contributed by atoms with Gasteiger partial charge in [-0.3, -0.25) is 0 Å². The quantitative estimate of drug-likeness (QED) is 0.536. The summed E-state index contributed by atoms with van der Waals surface area (Å²) in [6, 6.07) is 0. The molecule has 0 bridgehead atoms. The lowest BCUT2D eigenvalue weighted by Crippen LogP contribution is -2.03. The average molecular weight is 197 g/mol. The molecule has 3 heteroatoms. The van der Waals surface area contributed by atoms with E-state index in [1.165, 1.54) is 0 Å². The van der Waals surface area contributed by atoms with E-state index in [0.29, 0.717) is 11.8 Å². The van der Waals surface area contributed by atoms with Crippen molar-refractivity contribution in [2.75, 3.05) is 13.2 Å². The maximum atomic E-state index is 5.95. The molecule has 0 amide bonds. The van der Waals surface area contributed by atoms with Crippen molar-refractivity contribution in [1.29, 1.82) is 0 Å². The fraction of sp³-hybridized carbons (Fsp3) is 1.00. The fourth-order valence-corrected chi connectivity index (χ4v) is 2.37. The van der Waals surface area contributed by atoms with Crippen molar-refractivity contribution in [3.63, 3.8) is 0 Å². The van der Waals surface area contributed by atoms with Crippen LogP contribution >= 0.6 is 27.5 Å². The van der Waals surface area contributed by atoms with Crippen molar-refractivity contribution in [2.45, 2.75) is 3.78 Å². The van der Waals surface area contributed by atoms with E-state index in [2.05, 4.69) is 15.9 Å². The first-order valence-corrected chi connectivity index (χ1v) is 3.85. The molecule has 2 fully saturated rings. The van der Waals surface area contributed by atoms with Crippen LogP contribution in [0.25, 0.3) is 0 Å². The van der Waals surface area contributed by atoms with Gasteiger partial charge in [0, 0.05) is 11.8 Å². The van der Waals surface area contributed by atoms with E-state index in [0.717, 1.165) is 13.2 Å². The van der Waals surface area contributed by atoms with Crippen LogP contribution in [0.5, 0.6) is 0 Å². The average Bonchev–Trinajstić information content (AvgIpc) is 2.22. The molecule has 0 aromatic carbocycles. The second-order valence-electron chi connectivity index (χ2n) is 2.42. The number of alkyl halides is 2. The van der Waals surface area contributed by atoms with E-state index >= 15 is 0 Å². The van der Waals surface area contributed by atoms with Gasteiger partial charge in [-0.2, -0.15) is 0 Å².